The van der Waals surface area contributed by atoms with Crippen LogP contribution in [-0.4, -0.2) is 5.91 Å². The lowest BCUT2D eigenvalue weighted by atomic mass is 10.0. The monoisotopic (exact) mass is 280 g/mol. The summed E-state index contributed by atoms with van der Waals surface area (Å²) in [7, 11) is 0. The third-order valence-corrected chi connectivity index (χ3v) is 4.00. The molecule has 3 N–H and O–H groups in total. The van der Waals surface area contributed by atoms with Gasteiger partial charge in [-0.25, -0.2) is 0 Å². The van der Waals surface area contributed by atoms with Crippen LogP contribution in [0.2, 0.25) is 0 Å². The third-order valence-electron chi connectivity index (χ3n) is 4.00. The minimum absolute atomic E-state index is 0.300. The minimum atomic E-state index is -0.392. The van der Waals surface area contributed by atoms with E-state index in [0.717, 1.165) is 5.69 Å². The van der Waals surface area contributed by atoms with Gasteiger partial charge in [-0.3, -0.25) is 4.79 Å². The number of rotatable bonds is 5. The molecule has 108 valence electrons. The van der Waals surface area contributed by atoms with E-state index in [1.54, 1.807) is 6.07 Å². The number of anilines is 1. The summed E-state index contributed by atoms with van der Waals surface area (Å²) in [6, 6.07) is 16.4. The molecule has 1 aliphatic rings. The van der Waals surface area contributed by atoms with Gasteiger partial charge in [-0.05, 0) is 49.4 Å². The molecular weight excluding hydrogens is 260 g/mol. The summed E-state index contributed by atoms with van der Waals surface area (Å²) in [5, 5.41) is 3.56. The Morgan fingerprint density at radius 3 is 2.52 bits per heavy atom. The molecule has 2 aromatic carbocycles. The van der Waals surface area contributed by atoms with Gasteiger partial charge in [0.1, 0.15) is 0 Å². The van der Waals surface area contributed by atoms with E-state index in [4.69, 9.17) is 5.73 Å². The van der Waals surface area contributed by atoms with Gasteiger partial charge < -0.3 is 11.1 Å². The lowest BCUT2D eigenvalue weighted by Gasteiger charge is -2.20. The van der Waals surface area contributed by atoms with Gasteiger partial charge in [-0.1, -0.05) is 35.9 Å². The summed E-state index contributed by atoms with van der Waals surface area (Å²) >= 11 is 0. The SMILES string of the molecule is Cc1ccc(C(Nc2cccc(C(N)=O)c2)C2CC2)cc1. The summed E-state index contributed by atoms with van der Waals surface area (Å²) in [4.78, 5) is 11.3. The van der Waals surface area contributed by atoms with Gasteiger partial charge >= 0.3 is 0 Å². The first-order chi connectivity index (χ1) is 10.1. The molecule has 0 spiro atoms. The molecule has 0 aromatic heterocycles. The number of primary amides is 1. The fraction of sp³-hybridized carbons (Fsp3) is 0.278. The number of carbonyl (C=O) groups is 1. The van der Waals surface area contributed by atoms with Gasteiger partial charge in [0.15, 0.2) is 0 Å². The van der Waals surface area contributed by atoms with Crippen LogP contribution in [0.15, 0.2) is 48.5 Å². The molecule has 1 amide bonds. The van der Waals surface area contributed by atoms with Crippen molar-refractivity contribution in [1.82, 2.24) is 0 Å². The van der Waals surface area contributed by atoms with Crippen molar-refractivity contribution in [1.29, 1.82) is 0 Å². The highest BCUT2D eigenvalue weighted by molar-refractivity contribution is 5.93. The fourth-order valence-corrected chi connectivity index (χ4v) is 2.62. The normalized spacial score (nSPS) is 15.5. The Bertz CT molecular complexity index is 645. The summed E-state index contributed by atoms with van der Waals surface area (Å²) in [5.74, 6) is 0.280. The van der Waals surface area contributed by atoms with Gasteiger partial charge in [0.05, 0.1) is 6.04 Å². The Hall–Kier alpha value is -2.29. The Labute approximate surface area is 125 Å². The van der Waals surface area contributed by atoms with Gasteiger partial charge in [0.2, 0.25) is 5.91 Å². The Balaban J connectivity index is 1.84. The molecule has 3 heteroatoms. The van der Waals surface area contributed by atoms with Crippen LogP contribution in [0, 0.1) is 12.8 Å². The van der Waals surface area contributed by atoms with Crippen LogP contribution in [0.25, 0.3) is 0 Å². The molecule has 1 unspecified atom stereocenters. The second-order valence-corrected chi connectivity index (χ2v) is 5.82. The van der Waals surface area contributed by atoms with Crippen molar-refractivity contribution < 1.29 is 4.79 Å². The summed E-state index contributed by atoms with van der Waals surface area (Å²) < 4.78 is 0. The molecule has 0 heterocycles. The van der Waals surface area contributed by atoms with E-state index in [2.05, 4.69) is 36.5 Å². The lowest BCUT2D eigenvalue weighted by molar-refractivity contribution is 0.100. The molecule has 3 nitrogen and oxygen atoms in total. The molecule has 0 saturated heterocycles. The third kappa shape index (κ3) is 3.24. The van der Waals surface area contributed by atoms with E-state index in [1.807, 2.05) is 18.2 Å². The van der Waals surface area contributed by atoms with Crippen molar-refractivity contribution in [2.24, 2.45) is 11.7 Å². The predicted octanol–water partition coefficient (Wildman–Crippen LogP) is 3.66. The molecule has 1 fully saturated rings. The number of amides is 1. The van der Waals surface area contributed by atoms with E-state index in [1.165, 1.54) is 24.0 Å². The molecule has 1 saturated carbocycles. The molecule has 1 aliphatic carbocycles. The second-order valence-electron chi connectivity index (χ2n) is 5.82. The first-order valence-electron chi connectivity index (χ1n) is 7.36. The van der Waals surface area contributed by atoms with Crippen molar-refractivity contribution in [3.8, 4) is 0 Å². The zero-order valence-corrected chi connectivity index (χ0v) is 12.2. The molecule has 2 aromatic rings. The molecule has 3 rings (SSSR count). The van der Waals surface area contributed by atoms with Crippen LogP contribution in [-0.2, 0) is 0 Å². The maximum absolute atomic E-state index is 11.3. The number of aryl methyl sites for hydroxylation is 1. The Morgan fingerprint density at radius 2 is 1.90 bits per heavy atom. The zero-order chi connectivity index (χ0) is 14.8. The summed E-state index contributed by atoms with van der Waals surface area (Å²) in [6.07, 6.45) is 2.50. The highest BCUT2D eigenvalue weighted by atomic mass is 16.1. The van der Waals surface area contributed by atoms with Crippen molar-refractivity contribution >= 4 is 11.6 Å². The van der Waals surface area contributed by atoms with Crippen LogP contribution in [0.1, 0.15) is 40.4 Å². The first kappa shape index (κ1) is 13.7. The molecule has 0 aliphatic heterocycles. The second kappa shape index (κ2) is 5.60. The quantitative estimate of drug-likeness (QED) is 0.878. The standard InChI is InChI=1S/C18H20N2O/c1-12-5-7-13(8-6-12)17(14-9-10-14)20-16-4-2-3-15(11-16)18(19)21/h2-8,11,14,17,20H,9-10H2,1H3,(H2,19,21). The van der Waals surface area contributed by atoms with E-state index in [9.17, 15) is 4.79 Å². The average molecular weight is 280 g/mol. The Kier molecular flexibility index (Phi) is 3.65. The van der Waals surface area contributed by atoms with Gasteiger partial charge in [0.25, 0.3) is 0 Å². The number of benzene rings is 2. The van der Waals surface area contributed by atoms with Crippen molar-refractivity contribution in [3.05, 3.63) is 65.2 Å². The van der Waals surface area contributed by atoms with Gasteiger partial charge in [-0.15, -0.1) is 0 Å². The van der Waals surface area contributed by atoms with Crippen LogP contribution in [0.4, 0.5) is 5.69 Å². The lowest BCUT2D eigenvalue weighted by Crippen LogP contribution is -2.15. The smallest absolute Gasteiger partial charge is 0.248 e. The molecule has 0 bridgehead atoms. The molecule has 21 heavy (non-hydrogen) atoms. The summed E-state index contributed by atoms with van der Waals surface area (Å²) in [5.41, 5.74) is 9.40. The van der Waals surface area contributed by atoms with Crippen molar-refractivity contribution in [3.63, 3.8) is 0 Å². The molecule has 1 atom stereocenters. The predicted molar refractivity (Wildman–Crippen MR) is 85.2 cm³/mol. The maximum Gasteiger partial charge on any atom is 0.248 e. The average Bonchev–Trinajstić information content (AvgIpc) is 3.31. The summed E-state index contributed by atoms with van der Waals surface area (Å²) in [6.45, 7) is 2.10. The van der Waals surface area contributed by atoms with Crippen molar-refractivity contribution in [2.75, 3.05) is 5.32 Å². The van der Waals surface area contributed by atoms with Crippen LogP contribution in [0.3, 0.4) is 0 Å². The van der Waals surface area contributed by atoms with Crippen LogP contribution >= 0.6 is 0 Å². The number of hydrogen-bond acceptors (Lipinski definition) is 2. The van der Waals surface area contributed by atoms with E-state index < -0.39 is 5.91 Å². The van der Waals surface area contributed by atoms with E-state index >= 15 is 0 Å². The molecule has 0 radical (unpaired) electrons. The largest absolute Gasteiger partial charge is 0.378 e. The Morgan fingerprint density at radius 1 is 1.19 bits per heavy atom. The van der Waals surface area contributed by atoms with E-state index in [0.29, 0.717) is 17.5 Å². The topological polar surface area (TPSA) is 55.1 Å². The highest BCUT2D eigenvalue weighted by Crippen LogP contribution is 2.42. The minimum Gasteiger partial charge on any atom is -0.378 e. The highest BCUT2D eigenvalue weighted by Gasteiger charge is 2.32. The van der Waals surface area contributed by atoms with Crippen LogP contribution in [0.5, 0.6) is 0 Å². The van der Waals surface area contributed by atoms with Crippen molar-refractivity contribution in [2.45, 2.75) is 25.8 Å². The molecular formula is C18H20N2O. The van der Waals surface area contributed by atoms with Gasteiger partial charge in [0, 0.05) is 11.3 Å². The number of carbonyl (C=O) groups excluding carboxylic acids is 1. The maximum atomic E-state index is 11.3. The number of nitrogens with two attached hydrogens (primary N) is 1. The number of nitrogens with one attached hydrogen (secondary N) is 1. The van der Waals surface area contributed by atoms with Crippen LogP contribution < -0.4 is 11.1 Å². The van der Waals surface area contributed by atoms with Gasteiger partial charge in [-0.2, -0.15) is 0 Å². The first-order valence-corrected chi connectivity index (χ1v) is 7.36. The zero-order valence-electron chi connectivity index (χ0n) is 12.2. The van der Waals surface area contributed by atoms with E-state index in [-0.39, 0.29) is 0 Å². The fourth-order valence-electron chi connectivity index (χ4n) is 2.62. The number of hydrogen-bond donors (Lipinski definition) is 2.